The maximum absolute atomic E-state index is 12.3. The van der Waals surface area contributed by atoms with Crippen LogP contribution in [0.5, 0.6) is 11.5 Å². The second-order valence-corrected chi connectivity index (χ2v) is 6.21. The summed E-state index contributed by atoms with van der Waals surface area (Å²) in [5.74, 6) is 0.303. The lowest BCUT2D eigenvalue weighted by molar-refractivity contribution is 0.372. The fourth-order valence-corrected chi connectivity index (χ4v) is 2.83. The van der Waals surface area contributed by atoms with Gasteiger partial charge in [-0.2, -0.15) is 10.4 Å². The first-order valence-corrected chi connectivity index (χ1v) is 8.97. The number of benzene rings is 2. The van der Waals surface area contributed by atoms with Crippen molar-refractivity contribution in [3.8, 4) is 28.8 Å². The van der Waals surface area contributed by atoms with Crippen molar-refractivity contribution in [1.29, 1.82) is 5.26 Å². The molecule has 0 aliphatic rings. The maximum Gasteiger partial charge on any atom is 0.270 e. The molecule has 0 saturated heterocycles. The molecule has 8 nitrogen and oxygen atoms in total. The molecule has 0 bridgehead atoms. The van der Waals surface area contributed by atoms with Crippen molar-refractivity contribution >= 4 is 12.2 Å². The molecule has 0 atom stereocenters. The number of nitrogens with zero attached hydrogens (tertiary/aromatic N) is 3. The number of nitriles is 1. The summed E-state index contributed by atoms with van der Waals surface area (Å²) in [6, 6.07) is 14.3. The van der Waals surface area contributed by atoms with Crippen molar-refractivity contribution in [3.05, 3.63) is 82.2 Å². The minimum absolute atomic E-state index is 0.0582. The van der Waals surface area contributed by atoms with Crippen LogP contribution in [-0.4, -0.2) is 28.4 Å². The Hall–Kier alpha value is -4.38. The molecule has 30 heavy (non-hydrogen) atoms. The molecule has 3 aromatic rings. The van der Waals surface area contributed by atoms with Crippen LogP contribution in [0.2, 0.25) is 0 Å². The number of anilines is 1. The first-order valence-electron chi connectivity index (χ1n) is 8.97. The van der Waals surface area contributed by atoms with Crippen LogP contribution in [0.15, 0.2) is 65.0 Å². The smallest absolute Gasteiger partial charge is 0.270 e. The number of aromatic nitrogens is 2. The molecule has 0 aliphatic carbocycles. The van der Waals surface area contributed by atoms with E-state index in [-0.39, 0.29) is 23.0 Å². The standard InChI is InChI=1S/C22H19N5O3/c1-3-7-14-10-16(20(28)18(11-14)30-2)13-24-27-22-25-19(15-8-5-4-6-9-15)17(12-23)21(29)26-22/h3-6,8-11,13,28H,1,7H2,2H3,(H2,25,26,27,29). The summed E-state index contributed by atoms with van der Waals surface area (Å²) >= 11 is 0. The van der Waals surface area contributed by atoms with Gasteiger partial charge in [0, 0.05) is 11.1 Å². The van der Waals surface area contributed by atoms with Crippen LogP contribution in [0.1, 0.15) is 16.7 Å². The Labute approximate surface area is 172 Å². The number of methoxy groups -OCH3 is 1. The number of hydrogen-bond acceptors (Lipinski definition) is 7. The molecule has 0 amide bonds. The summed E-state index contributed by atoms with van der Waals surface area (Å²) in [4.78, 5) is 19.1. The number of phenols is 1. The van der Waals surface area contributed by atoms with Gasteiger partial charge in [-0.1, -0.05) is 36.4 Å². The van der Waals surface area contributed by atoms with Crippen molar-refractivity contribution < 1.29 is 9.84 Å². The molecule has 2 aromatic carbocycles. The molecule has 1 aromatic heterocycles. The summed E-state index contributed by atoms with van der Waals surface area (Å²) in [6.45, 7) is 3.71. The summed E-state index contributed by atoms with van der Waals surface area (Å²) in [7, 11) is 1.46. The van der Waals surface area contributed by atoms with Gasteiger partial charge in [0.2, 0.25) is 5.95 Å². The zero-order valence-corrected chi connectivity index (χ0v) is 16.2. The van der Waals surface area contributed by atoms with Crippen LogP contribution in [0.25, 0.3) is 11.3 Å². The minimum Gasteiger partial charge on any atom is -0.504 e. The molecule has 0 aliphatic heterocycles. The number of hydrazone groups is 1. The number of rotatable bonds is 7. The summed E-state index contributed by atoms with van der Waals surface area (Å²) in [5, 5.41) is 23.7. The van der Waals surface area contributed by atoms with Crippen LogP contribution in [-0.2, 0) is 6.42 Å². The van der Waals surface area contributed by atoms with Gasteiger partial charge < -0.3 is 9.84 Å². The van der Waals surface area contributed by atoms with E-state index in [1.165, 1.54) is 13.3 Å². The SMILES string of the molecule is C=CCc1cc(C=NNc2nc(-c3ccccc3)c(C#N)c(=O)[nH]2)c(O)c(OC)c1. The lowest BCUT2D eigenvalue weighted by atomic mass is 10.1. The maximum atomic E-state index is 12.3. The highest BCUT2D eigenvalue weighted by atomic mass is 16.5. The topological polar surface area (TPSA) is 123 Å². The molecule has 0 unspecified atom stereocenters. The van der Waals surface area contributed by atoms with Crippen LogP contribution >= 0.6 is 0 Å². The molecule has 150 valence electrons. The number of aromatic amines is 1. The Kier molecular flexibility index (Phi) is 6.25. The highest BCUT2D eigenvalue weighted by Gasteiger charge is 2.13. The van der Waals surface area contributed by atoms with Crippen molar-refractivity contribution in [1.82, 2.24) is 9.97 Å². The second-order valence-electron chi connectivity index (χ2n) is 6.21. The predicted octanol–water partition coefficient (Wildman–Crippen LogP) is 3.20. The average molecular weight is 401 g/mol. The number of allylic oxidation sites excluding steroid dienone is 1. The van der Waals surface area contributed by atoms with Gasteiger partial charge in [-0.05, 0) is 24.1 Å². The van der Waals surface area contributed by atoms with E-state index < -0.39 is 5.56 Å². The van der Waals surface area contributed by atoms with Gasteiger partial charge in [0.15, 0.2) is 11.5 Å². The van der Waals surface area contributed by atoms with E-state index >= 15 is 0 Å². The monoisotopic (exact) mass is 401 g/mol. The van der Waals surface area contributed by atoms with Gasteiger partial charge in [0.25, 0.3) is 5.56 Å². The van der Waals surface area contributed by atoms with Crippen LogP contribution < -0.4 is 15.7 Å². The van der Waals surface area contributed by atoms with E-state index in [2.05, 4.69) is 27.1 Å². The molecular weight excluding hydrogens is 382 g/mol. The molecule has 3 N–H and O–H groups in total. The van der Waals surface area contributed by atoms with E-state index in [1.54, 1.807) is 42.5 Å². The van der Waals surface area contributed by atoms with Crippen LogP contribution in [0.3, 0.4) is 0 Å². The lowest BCUT2D eigenvalue weighted by Gasteiger charge is -2.09. The Bertz CT molecular complexity index is 1190. The number of H-pyrrole nitrogens is 1. The number of ether oxygens (including phenoxy) is 1. The van der Waals surface area contributed by atoms with E-state index in [0.717, 1.165) is 5.56 Å². The second kappa shape index (κ2) is 9.21. The van der Waals surface area contributed by atoms with Gasteiger partial charge in [-0.25, -0.2) is 10.4 Å². The van der Waals surface area contributed by atoms with Crippen LogP contribution in [0, 0.1) is 11.3 Å². The fourth-order valence-electron chi connectivity index (χ4n) is 2.83. The van der Waals surface area contributed by atoms with Gasteiger partial charge in [-0.3, -0.25) is 9.78 Å². The Morgan fingerprint density at radius 3 is 2.80 bits per heavy atom. The average Bonchev–Trinajstić information content (AvgIpc) is 2.76. The molecule has 0 saturated carbocycles. The molecule has 8 heteroatoms. The Balaban J connectivity index is 1.93. The molecule has 0 fully saturated rings. The third kappa shape index (κ3) is 4.36. The third-order valence-corrected chi connectivity index (χ3v) is 4.22. The predicted molar refractivity (Wildman–Crippen MR) is 115 cm³/mol. The normalized spacial score (nSPS) is 10.5. The van der Waals surface area contributed by atoms with Crippen molar-refractivity contribution in [2.45, 2.75) is 6.42 Å². The number of nitrogens with one attached hydrogen (secondary N) is 2. The zero-order chi connectivity index (χ0) is 21.5. The van der Waals surface area contributed by atoms with Crippen molar-refractivity contribution in [2.24, 2.45) is 5.10 Å². The molecule has 3 rings (SSSR count). The molecule has 1 heterocycles. The first kappa shape index (κ1) is 20.4. The van der Waals surface area contributed by atoms with Crippen molar-refractivity contribution in [3.63, 3.8) is 0 Å². The van der Waals surface area contributed by atoms with Crippen molar-refractivity contribution in [2.75, 3.05) is 12.5 Å². The summed E-state index contributed by atoms with van der Waals surface area (Å²) in [5.41, 5.74) is 4.14. The summed E-state index contributed by atoms with van der Waals surface area (Å²) in [6.07, 6.45) is 3.71. The van der Waals surface area contributed by atoms with E-state index in [4.69, 9.17) is 4.74 Å². The van der Waals surface area contributed by atoms with Gasteiger partial charge in [0.1, 0.15) is 11.6 Å². The Morgan fingerprint density at radius 1 is 1.37 bits per heavy atom. The fraction of sp³-hybridized carbons (Fsp3) is 0.0909. The van der Waals surface area contributed by atoms with E-state index in [0.29, 0.717) is 23.3 Å². The third-order valence-electron chi connectivity index (χ3n) is 4.22. The van der Waals surface area contributed by atoms with Crippen LogP contribution in [0.4, 0.5) is 5.95 Å². The zero-order valence-electron chi connectivity index (χ0n) is 16.2. The number of hydrogen-bond donors (Lipinski definition) is 3. The number of aromatic hydroxyl groups is 1. The molecule has 0 spiro atoms. The minimum atomic E-state index is -0.582. The highest BCUT2D eigenvalue weighted by molar-refractivity contribution is 5.85. The Morgan fingerprint density at radius 2 is 2.13 bits per heavy atom. The quantitative estimate of drug-likeness (QED) is 0.317. The first-order chi connectivity index (χ1) is 14.6. The molecule has 0 radical (unpaired) electrons. The molecular formula is C22H19N5O3. The van der Waals surface area contributed by atoms with E-state index in [9.17, 15) is 15.2 Å². The van der Waals surface area contributed by atoms with E-state index in [1.807, 2.05) is 12.1 Å². The van der Waals surface area contributed by atoms with Gasteiger partial charge >= 0.3 is 0 Å². The lowest BCUT2D eigenvalue weighted by Crippen LogP contribution is -2.16. The summed E-state index contributed by atoms with van der Waals surface area (Å²) < 4.78 is 5.19. The number of phenolic OH excluding ortho intramolecular Hbond substituents is 1. The highest BCUT2D eigenvalue weighted by Crippen LogP contribution is 2.30. The largest absolute Gasteiger partial charge is 0.504 e. The van der Waals surface area contributed by atoms with Gasteiger partial charge in [0.05, 0.1) is 19.0 Å². The van der Waals surface area contributed by atoms with Gasteiger partial charge in [-0.15, -0.1) is 6.58 Å².